The summed E-state index contributed by atoms with van der Waals surface area (Å²) in [6.07, 6.45) is -7.43. The Morgan fingerprint density at radius 3 is 2.13 bits per heavy atom. The first kappa shape index (κ1) is 22.1. The lowest BCUT2D eigenvalue weighted by Crippen LogP contribution is -2.32. The van der Waals surface area contributed by atoms with Crippen LogP contribution in [0.3, 0.4) is 0 Å². The molecule has 0 fully saturated rings. The maximum absolute atomic E-state index is 13.5. The zero-order chi connectivity index (χ0) is 22.8. The van der Waals surface area contributed by atoms with Gasteiger partial charge < -0.3 is 10.4 Å². The summed E-state index contributed by atoms with van der Waals surface area (Å²) in [6, 6.07) is 5.90. The number of hydrogen-bond donors (Lipinski definition) is 2. The quantitative estimate of drug-likeness (QED) is 0.574. The van der Waals surface area contributed by atoms with Gasteiger partial charge in [-0.1, -0.05) is 12.1 Å². The van der Waals surface area contributed by atoms with E-state index in [9.17, 15) is 36.2 Å². The van der Waals surface area contributed by atoms with Crippen molar-refractivity contribution in [3.05, 3.63) is 89.0 Å². The summed E-state index contributed by atoms with van der Waals surface area (Å²) < 4.78 is 79.1. The van der Waals surface area contributed by atoms with Crippen molar-refractivity contribution in [1.82, 2.24) is 15.3 Å². The number of rotatable bonds is 4. The molecule has 1 amide bonds. The fraction of sp³-hybridized carbons (Fsp3) is 0.150. The van der Waals surface area contributed by atoms with E-state index >= 15 is 0 Å². The van der Waals surface area contributed by atoms with Crippen LogP contribution in [0.15, 0.2) is 60.9 Å². The van der Waals surface area contributed by atoms with Crippen molar-refractivity contribution < 1.29 is 36.2 Å². The predicted octanol–water partition coefficient (Wildman–Crippen LogP) is 4.74. The second-order valence-corrected chi connectivity index (χ2v) is 6.36. The number of hydrogen-bond acceptors (Lipinski definition) is 4. The minimum Gasteiger partial charge on any atom is -0.506 e. The molecule has 31 heavy (non-hydrogen) atoms. The first-order valence-corrected chi connectivity index (χ1v) is 8.62. The molecule has 1 aromatic carbocycles. The molecule has 2 N–H and O–H groups in total. The molecule has 2 heterocycles. The molecule has 162 valence electrons. The Kier molecular flexibility index (Phi) is 5.87. The molecule has 1 atom stereocenters. The van der Waals surface area contributed by atoms with Gasteiger partial charge in [0.15, 0.2) is 0 Å². The molecule has 5 nitrogen and oxygen atoms in total. The van der Waals surface area contributed by atoms with Crippen LogP contribution in [0.5, 0.6) is 5.75 Å². The van der Waals surface area contributed by atoms with Crippen LogP contribution in [0.2, 0.25) is 0 Å². The molecule has 3 aromatic rings. The number of benzene rings is 1. The highest BCUT2D eigenvalue weighted by molar-refractivity contribution is 5.92. The van der Waals surface area contributed by atoms with Crippen LogP contribution in [0, 0.1) is 0 Å². The van der Waals surface area contributed by atoms with Gasteiger partial charge >= 0.3 is 12.4 Å². The molecule has 0 bridgehead atoms. The summed E-state index contributed by atoms with van der Waals surface area (Å²) in [5.41, 5.74) is -3.03. The number of amides is 1. The molecule has 0 saturated heterocycles. The topological polar surface area (TPSA) is 75.1 Å². The highest BCUT2D eigenvalue weighted by Crippen LogP contribution is 2.36. The average Bonchev–Trinajstić information content (AvgIpc) is 2.71. The molecular formula is C20H13F6N3O2. The molecule has 0 aliphatic rings. The Morgan fingerprint density at radius 2 is 1.58 bits per heavy atom. The lowest BCUT2D eigenvalue weighted by molar-refractivity contribution is -0.139. The largest absolute Gasteiger partial charge is 0.506 e. The van der Waals surface area contributed by atoms with E-state index in [1.165, 1.54) is 0 Å². The van der Waals surface area contributed by atoms with E-state index in [4.69, 9.17) is 0 Å². The summed E-state index contributed by atoms with van der Waals surface area (Å²) in [7, 11) is 0. The molecule has 0 aliphatic heterocycles. The summed E-state index contributed by atoms with van der Waals surface area (Å²) >= 11 is 0. The third-order valence-corrected chi connectivity index (χ3v) is 4.24. The van der Waals surface area contributed by atoms with E-state index in [1.54, 1.807) is 0 Å². The zero-order valence-electron chi connectivity index (χ0n) is 15.4. The molecule has 11 heteroatoms. The fourth-order valence-electron chi connectivity index (χ4n) is 2.79. The molecular weight excluding hydrogens is 428 g/mol. The van der Waals surface area contributed by atoms with Crippen LogP contribution in [-0.2, 0) is 12.4 Å². The van der Waals surface area contributed by atoms with Gasteiger partial charge in [0.05, 0.1) is 29.1 Å². The maximum Gasteiger partial charge on any atom is 0.418 e. The van der Waals surface area contributed by atoms with Crippen LogP contribution in [0.4, 0.5) is 26.3 Å². The van der Waals surface area contributed by atoms with Crippen molar-refractivity contribution in [2.75, 3.05) is 0 Å². The van der Waals surface area contributed by atoms with Gasteiger partial charge in [-0.15, -0.1) is 0 Å². The second kappa shape index (κ2) is 8.25. The number of aromatic nitrogens is 2. The van der Waals surface area contributed by atoms with Gasteiger partial charge in [-0.25, -0.2) is 4.98 Å². The smallest absolute Gasteiger partial charge is 0.418 e. The van der Waals surface area contributed by atoms with Crippen LogP contribution in [-0.4, -0.2) is 21.0 Å². The summed E-state index contributed by atoms with van der Waals surface area (Å²) in [5, 5.41) is 11.6. The second-order valence-electron chi connectivity index (χ2n) is 6.36. The maximum atomic E-state index is 13.5. The highest BCUT2D eigenvalue weighted by Gasteiger charge is 2.37. The summed E-state index contributed by atoms with van der Waals surface area (Å²) in [5.74, 6) is -1.15. The Balaban J connectivity index is 2.07. The summed E-state index contributed by atoms with van der Waals surface area (Å²) in [4.78, 5) is 20.0. The van der Waals surface area contributed by atoms with E-state index < -0.39 is 41.1 Å². The average molecular weight is 441 g/mol. The Hall–Kier alpha value is -3.63. The third-order valence-electron chi connectivity index (χ3n) is 4.24. The Morgan fingerprint density at radius 1 is 0.903 bits per heavy atom. The van der Waals surface area contributed by atoms with Crippen LogP contribution >= 0.6 is 0 Å². The Bertz CT molecular complexity index is 1060. The number of pyridine rings is 2. The number of alkyl halides is 6. The number of nitrogens with zero attached hydrogens (tertiary/aromatic N) is 2. The van der Waals surface area contributed by atoms with Gasteiger partial charge in [-0.05, 0) is 42.0 Å². The molecule has 0 saturated carbocycles. The van der Waals surface area contributed by atoms with Crippen molar-refractivity contribution in [1.29, 1.82) is 0 Å². The number of aromatic hydroxyl groups is 1. The molecule has 0 radical (unpaired) electrons. The van der Waals surface area contributed by atoms with Crippen molar-refractivity contribution in [3.63, 3.8) is 0 Å². The molecule has 0 aliphatic carbocycles. The SMILES string of the molecule is O=C(NC(c1ccc(C(F)(F)F)cc1)c1ncccc1C(F)(F)F)c1ccc(O)cn1. The molecule has 3 rings (SSSR count). The lowest BCUT2D eigenvalue weighted by Gasteiger charge is -2.22. The van der Waals surface area contributed by atoms with Crippen LogP contribution in [0.1, 0.15) is 38.9 Å². The van der Waals surface area contributed by atoms with Gasteiger partial charge in [0.25, 0.3) is 5.91 Å². The van der Waals surface area contributed by atoms with Gasteiger partial charge in [-0.2, -0.15) is 26.3 Å². The van der Waals surface area contributed by atoms with Crippen molar-refractivity contribution in [2.45, 2.75) is 18.4 Å². The van der Waals surface area contributed by atoms with Gasteiger partial charge in [0, 0.05) is 6.20 Å². The van der Waals surface area contributed by atoms with E-state index in [2.05, 4.69) is 15.3 Å². The summed E-state index contributed by atoms with van der Waals surface area (Å²) in [6.45, 7) is 0. The number of carbonyl (C=O) groups is 1. The van der Waals surface area contributed by atoms with Gasteiger partial charge in [-0.3, -0.25) is 9.78 Å². The number of nitrogens with one attached hydrogen (secondary N) is 1. The van der Waals surface area contributed by atoms with Crippen LogP contribution < -0.4 is 5.32 Å². The van der Waals surface area contributed by atoms with Gasteiger partial charge in [0.2, 0.25) is 0 Å². The molecule has 0 spiro atoms. The predicted molar refractivity (Wildman–Crippen MR) is 95.9 cm³/mol. The molecule has 1 unspecified atom stereocenters. The van der Waals surface area contributed by atoms with E-state index in [-0.39, 0.29) is 17.0 Å². The zero-order valence-corrected chi connectivity index (χ0v) is 15.4. The van der Waals surface area contributed by atoms with Crippen molar-refractivity contribution >= 4 is 5.91 Å². The first-order valence-electron chi connectivity index (χ1n) is 8.62. The standard InChI is InChI=1S/C20H13F6N3O2/c21-19(22,23)12-5-3-11(4-6-12)16(17-14(20(24,25)26)2-1-9-27-17)29-18(31)15-8-7-13(30)10-28-15/h1-10,16,30H,(H,29,31). The normalized spacial score (nSPS) is 13.0. The van der Waals surface area contributed by atoms with Crippen LogP contribution in [0.25, 0.3) is 0 Å². The minimum atomic E-state index is -4.82. The van der Waals surface area contributed by atoms with E-state index in [0.29, 0.717) is 12.1 Å². The third kappa shape index (κ3) is 5.11. The monoisotopic (exact) mass is 441 g/mol. The highest BCUT2D eigenvalue weighted by atomic mass is 19.4. The van der Waals surface area contributed by atoms with Gasteiger partial charge in [0.1, 0.15) is 11.4 Å². The van der Waals surface area contributed by atoms with E-state index in [1.807, 2.05) is 0 Å². The minimum absolute atomic E-state index is 0.0515. The number of carbonyl (C=O) groups excluding carboxylic acids is 1. The van der Waals surface area contributed by atoms with Crippen molar-refractivity contribution in [3.8, 4) is 5.75 Å². The van der Waals surface area contributed by atoms with E-state index in [0.717, 1.165) is 48.8 Å². The molecule has 2 aromatic heterocycles. The lowest BCUT2D eigenvalue weighted by atomic mass is 9.97. The first-order chi connectivity index (χ1) is 14.5. The van der Waals surface area contributed by atoms with Crippen molar-refractivity contribution in [2.24, 2.45) is 0 Å². The Labute approximate surface area is 171 Å². The number of halogens is 6. The fourth-order valence-corrected chi connectivity index (χ4v) is 2.79.